The Morgan fingerprint density at radius 1 is 1.27 bits per heavy atom. The third-order valence-electron chi connectivity index (χ3n) is 3.10. The van der Waals surface area contributed by atoms with E-state index in [4.69, 9.17) is 0 Å². The summed E-state index contributed by atoms with van der Waals surface area (Å²) in [5.74, 6) is -0.000375. The molecule has 1 aromatic carbocycles. The van der Waals surface area contributed by atoms with Crippen molar-refractivity contribution in [3.63, 3.8) is 0 Å². The van der Waals surface area contributed by atoms with Crippen LogP contribution in [-0.4, -0.2) is 33.1 Å². The molecule has 0 spiro atoms. The molecule has 1 saturated heterocycles. The van der Waals surface area contributed by atoms with Gasteiger partial charge in [0, 0.05) is 18.8 Å². The Labute approximate surface area is 132 Å². The lowest BCUT2D eigenvalue weighted by Gasteiger charge is -2.06. The zero-order chi connectivity index (χ0) is 15.5. The van der Waals surface area contributed by atoms with Crippen molar-refractivity contribution >= 4 is 34.6 Å². The minimum absolute atomic E-state index is 0.142. The van der Waals surface area contributed by atoms with Crippen molar-refractivity contribution in [2.24, 2.45) is 4.99 Å². The van der Waals surface area contributed by atoms with Crippen LogP contribution in [0.4, 0.5) is 5.69 Å². The number of amides is 1. The van der Waals surface area contributed by atoms with Crippen LogP contribution in [-0.2, 0) is 4.79 Å². The van der Waals surface area contributed by atoms with Gasteiger partial charge in [-0.1, -0.05) is 18.2 Å². The first-order chi connectivity index (χ1) is 10.6. The number of aliphatic imine (C=N–C) groups is 1. The lowest BCUT2D eigenvalue weighted by Crippen LogP contribution is -2.23. The molecule has 3 rings (SSSR count). The van der Waals surface area contributed by atoms with Crippen molar-refractivity contribution in [2.45, 2.75) is 0 Å². The fraction of sp³-hybridized carbons (Fsp3) is 0.0625. The maximum absolute atomic E-state index is 12.3. The van der Waals surface area contributed by atoms with Gasteiger partial charge in [-0.3, -0.25) is 14.7 Å². The molecule has 0 saturated carbocycles. The SMILES string of the molecule is CN1C(=O)/C(=C/c2ccccc2O)SC1=Nc1cccnc1. The molecular weight excluding hydrogens is 298 g/mol. The van der Waals surface area contributed by atoms with Crippen molar-refractivity contribution in [1.29, 1.82) is 0 Å². The van der Waals surface area contributed by atoms with Crippen LogP contribution in [0.1, 0.15) is 5.56 Å². The molecule has 5 nitrogen and oxygen atoms in total. The second-order valence-electron chi connectivity index (χ2n) is 4.64. The standard InChI is InChI=1S/C16H13N3O2S/c1-19-15(21)14(9-11-5-2-3-7-13(11)20)22-16(19)18-12-6-4-8-17-10-12/h2-10,20H,1H3/b14-9-,18-16?. The zero-order valence-electron chi connectivity index (χ0n) is 11.8. The van der Waals surface area contributed by atoms with Crippen molar-refractivity contribution in [3.05, 3.63) is 59.3 Å². The molecule has 0 aliphatic carbocycles. The summed E-state index contributed by atoms with van der Waals surface area (Å²) in [6.07, 6.45) is 4.98. The molecule has 1 aliphatic rings. The Morgan fingerprint density at radius 3 is 2.82 bits per heavy atom. The molecule has 0 atom stereocenters. The summed E-state index contributed by atoms with van der Waals surface area (Å²) in [5.41, 5.74) is 1.29. The van der Waals surface area contributed by atoms with E-state index < -0.39 is 0 Å². The van der Waals surface area contributed by atoms with Gasteiger partial charge in [-0.25, -0.2) is 4.99 Å². The monoisotopic (exact) mass is 311 g/mol. The van der Waals surface area contributed by atoms with Crippen LogP contribution >= 0.6 is 11.8 Å². The average Bonchev–Trinajstić information content (AvgIpc) is 2.79. The van der Waals surface area contributed by atoms with E-state index in [1.54, 1.807) is 49.8 Å². The van der Waals surface area contributed by atoms with Gasteiger partial charge in [0.1, 0.15) is 5.75 Å². The molecule has 0 bridgehead atoms. The third kappa shape index (κ3) is 2.87. The molecule has 0 unspecified atom stereocenters. The summed E-state index contributed by atoms with van der Waals surface area (Å²) in [6.45, 7) is 0. The van der Waals surface area contributed by atoms with Gasteiger partial charge in [0.05, 0.1) is 16.8 Å². The number of nitrogens with zero attached hydrogens (tertiary/aromatic N) is 3. The lowest BCUT2D eigenvalue weighted by atomic mass is 10.2. The van der Waals surface area contributed by atoms with E-state index in [1.807, 2.05) is 12.1 Å². The number of benzene rings is 1. The molecule has 1 amide bonds. The number of aromatic hydroxyl groups is 1. The van der Waals surface area contributed by atoms with Crippen molar-refractivity contribution in [1.82, 2.24) is 9.88 Å². The Bertz CT molecular complexity index is 772. The summed E-state index contributed by atoms with van der Waals surface area (Å²) in [4.78, 5) is 22.7. The van der Waals surface area contributed by atoms with E-state index in [0.29, 0.717) is 21.3 Å². The lowest BCUT2D eigenvalue weighted by molar-refractivity contribution is -0.121. The minimum Gasteiger partial charge on any atom is -0.507 e. The molecular formula is C16H13N3O2S. The topological polar surface area (TPSA) is 65.8 Å². The van der Waals surface area contributed by atoms with Crippen molar-refractivity contribution in [2.75, 3.05) is 7.05 Å². The number of carbonyl (C=O) groups is 1. The van der Waals surface area contributed by atoms with Gasteiger partial charge >= 0.3 is 0 Å². The number of phenols is 1. The first kappa shape index (κ1) is 14.3. The van der Waals surface area contributed by atoms with E-state index in [-0.39, 0.29) is 11.7 Å². The molecule has 0 radical (unpaired) electrons. The molecule has 2 heterocycles. The fourth-order valence-electron chi connectivity index (χ4n) is 1.93. The number of para-hydroxylation sites is 1. The molecule has 1 fully saturated rings. The molecule has 22 heavy (non-hydrogen) atoms. The Balaban J connectivity index is 1.92. The largest absolute Gasteiger partial charge is 0.507 e. The molecule has 110 valence electrons. The second-order valence-corrected chi connectivity index (χ2v) is 5.65. The number of carbonyl (C=O) groups excluding carboxylic acids is 1. The van der Waals surface area contributed by atoms with Gasteiger partial charge in [-0.05, 0) is 36.0 Å². The van der Waals surface area contributed by atoms with E-state index in [9.17, 15) is 9.90 Å². The van der Waals surface area contributed by atoms with Crippen molar-refractivity contribution < 1.29 is 9.90 Å². The predicted octanol–water partition coefficient (Wildman–Crippen LogP) is 3.02. The number of rotatable bonds is 2. The van der Waals surface area contributed by atoms with E-state index >= 15 is 0 Å². The zero-order valence-corrected chi connectivity index (χ0v) is 12.6. The Hall–Kier alpha value is -2.60. The van der Waals surface area contributed by atoms with Gasteiger partial charge in [-0.2, -0.15) is 0 Å². The first-order valence-corrected chi connectivity index (χ1v) is 7.41. The van der Waals surface area contributed by atoms with Crippen LogP contribution in [0, 0.1) is 0 Å². The van der Waals surface area contributed by atoms with Gasteiger partial charge in [0.15, 0.2) is 5.17 Å². The Kier molecular flexibility index (Phi) is 3.93. The highest BCUT2D eigenvalue weighted by molar-refractivity contribution is 8.18. The third-order valence-corrected chi connectivity index (χ3v) is 4.16. The first-order valence-electron chi connectivity index (χ1n) is 6.59. The predicted molar refractivity (Wildman–Crippen MR) is 87.8 cm³/mol. The molecule has 1 aliphatic heterocycles. The number of aromatic nitrogens is 1. The average molecular weight is 311 g/mol. The molecule has 6 heteroatoms. The highest BCUT2D eigenvalue weighted by Gasteiger charge is 2.30. The van der Waals surface area contributed by atoms with Crippen LogP contribution in [0.5, 0.6) is 5.75 Å². The summed E-state index contributed by atoms with van der Waals surface area (Å²) in [6, 6.07) is 10.5. The summed E-state index contributed by atoms with van der Waals surface area (Å²) in [7, 11) is 1.68. The highest BCUT2D eigenvalue weighted by Crippen LogP contribution is 2.34. The summed E-state index contributed by atoms with van der Waals surface area (Å²) < 4.78 is 0. The fourth-order valence-corrected chi connectivity index (χ4v) is 2.91. The molecule has 2 aromatic rings. The number of likely N-dealkylation sites (N-methyl/N-ethyl adjacent to an activating group) is 1. The van der Waals surface area contributed by atoms with Crippen molar-refractivity contribution in [3.8, 4) is 5.75 Å². The normalized spacial score (nSPS) is 18.4. The number of amidine groups is 1. The van der Waals surface area contributed by atoms with Gasteiger partial charge in [0.25, 0.3) is 5.91 Å². The van der Waals surface area contributed by atoms with Gasteiger partial charge in [-0.15, -0.1) is 0 Å². The van der Waals surface area contributed by atoms with Crippen LogP contribution in [0.15, 0.2) is 58.7 Å². The smallest absolute Gasteiger partial charge is 0.266 e. The second kappa shape index (κ2) is 6.03. The van der Waals surface area contributed by atoms with Crippen LogP contribution in [0.25, 0.3) is 6.08 Å². The Morgan fingerprint density at radius 2 is 2.09 bits per heavy atom. The molecule has 1 N–H and O–H groups in total. The van der Waals surface area contributed by atoms with Gasteiger partial charge in [0.2, 0.25) is 0 Å². The summed E-state index contributed by atoms with van der Waals surface area (Å²) in [5, 5.41) is 10.4. The number of thioether (sulfide) groups is 1. The number of phenolic OH excluding ortho intramolecular Hbond substituents is 1. The number of hydrogen-bond donors (Lipinski definition) is 1. The van der Waals surface area contributed by atoms with E-state index in [1.165, 1.54) is 16.7 Å². The van der Waals surface area contributed by atoms with E-state index in [2.05, 4.69) is 9.98 Å². The van der Waals surface area contributed by atoms with Crippen LogP contribution in [0.3, 0.4) is 0 Å². The maximum atomic E-state index is 12.3. The maximum Gasteiger partial charge on any atom is 0.266 e. The van der Waals surface area contributed by atoms with Crippen LogP contribution < -0.4 is 0 Å². The quantitative estimate of drug-likeness (QED) is 0.866. The van der Waals surface area contributed by atoms with E-state index in [0.717, 1.165) is 0 Å². The van der Waals surface area contributed by atoms with Crippen LogP contribution in [0.2, 0.25) is 0 Å². The number of pyridine rings is 1. The minimum atomic E-state index is -0.143. The summed E-state index contributed by atoms with van der Waals surface area (Å²) >= 11 is 1.27. The highest BCUT2D eigenvalue weighted by atomic mass is 32.2. The van der Waals surface area contributed by atoms with Gasteiger partial charge < -0.3 is 5.11 Å². The molecule has 1 aromatic heterocycles. The number of hydrogen-bond acceptors (Lipinski definition) is 5.